The maximum Gasteiger partial charge on any atom is 0.329 e. The second-order valence-corrected chi connectivity index (χ2v) is 7.25. The van der Waals surface area contributed by atoms with Gasteiger partial charge >= 0.3 is 5.69 Å². The van der Waals surface area contributed by atoms with Crippen LogP contribution < -0.4 is 5.69 Å². The minimum atomic E-state index is -0.0830. The number of carbonyl (C=O) groups excluding carboxylic acids is 1. The molecule has 0 bridgehead atoms. The highest BCUT2D eigenvalue weighted by molar-refractivity contribution is 8.06. The molecule has 0 radical (unpaired) electrons. The summed E-state index contributed by atoms with van der Waals surface area (Å²) in [6, 6.07) is 7.72. The van der Waals surface area contributed by atoms with Gasteiger partial charge in [-0.2, -0.15) is 11.8 Å². The van der Waals surface area contributed by atoms with Crippen molar-refractivity contribution in [3.05, 3.63) is 34.7 Å². The van der Waals surface area contributed by atoms with E-state index in [0.717, 1.165) is 23.3 Å². The molecule has 2 aromatic rings. The maximum atomic E-state index is 12.8. The molecule has 7 heteroatoms. The van der Waals surface area contributed by atoms with E-state index in [-0.39, 0.29) is 18.1 Å². The molecule has 0 unspecified atom stereocenters. The van der Waals surface area contributed by atoms with Gasteiger partial charge < -0.3 is 9.64 Å². The van der Waals surface area contributed by atoms with E-state index in [2.05, 4.69) is 0 Å². The van der Waals surface area contributed by atoms with Gasteiger partial charge in [0.2, 0.25) is 5.91 Å². The molecule has 0 saturated carbocycles. The van der Waals surface area contributed by atoms with Gasteiger partial charge in [0.15, 0.2) is 0 Å². The number of fused-ring (bicyclic) bond motifs is 1. The molecule has 2 fully saturated rings. The maximum absolute atomic E-state index is 12.8. The number of hydrogen-bond donors (Lipinski definition) is 0. The molecule has 122 valence electrons. The number of amides is 1. The molecule has 0 spiro atoms. The number of para-hydroxylation sites is 2. The van der Waals surface area contributed by atoms with E-state index in [4.69, 9.17) is 4.74 Å². The number of ether oxygens (including phenoxy) is 1. The van der Waals surface area contributed by atoms with Gasteiger partial charge in [0.25, 0.3) is 0 Å². The highest BCUT2D eigenvalue weighted by atomic mass is 32.2. The number of nitrogens with zero attached hydrogens (tertiary/aromatic N) is 3. The summed E-state index contributed by atoms with van der Waals surface area (Å²) in [4.78, 5) is 27.1. The zero-order valence-corrected chi connectivity index (χ0v) is 13.6. The van der Waals surface area contributed by atoms with Crippen LogP contribution in [0.3, 0.4) is 0 Å². The summed E-state index contributed by atoms with van der Waals surface area (Å²) in [5.74, 6) is 1.10. The van der Waals surface area contributed by atoms with E-state index in [9.17, 15) is 9.59 Å². The van der Waals surface area contributed by atoms with Crippen molar-refractivity contribution in [3.63, 3.8) is 0 Å². The third kappa shape index (κ3) is 2.90. The van der Waals surface area contributed by atoms with Crippen molar-refractivity contribution in [3.8, 4) is 0 Å². The van der Waals surface area contributed by atoms with Crippen LogP contribution in [0.2, 0.25) is 0 Å². The lowest BCUT2D eigenvalue weighted by molar-refractivity contribution is -0.135. The Balaban J connectivity index is 1.67. The number of hydrogen-bond acceptors (Lipinski definition) is 4. The number of thioether (sulfide) groups is 1. The number of aromatic nitrogens is 2. The fourth-order valence-corrected chi connectivity index (χ4v) is 3.52. The van der Waals surface area contributed by atoms with Crippen molar-refractivity contribution in [2.24, 2.45) is 0 Å². The van der Waals surface area contributed by atoms with Crippen molar-refractivity contribution in [1.82, 2.24) is 14.0 Å². The predicted molar refractivity (Wildman–Crippen MR) is 89.8 cm³/mol. The van der Waals surface area contributed by atoms with Crippen LogP contribution in [-0.4, -0.2) is 57.2 Å². The molecule has 1 atom stereocenters. The standard InChI is InChI=1S/C16H19N3O3S/c20-15(17-5-7-22-8-6-17)10-19-14-4-2-1-3-13(14)18(16(19)21)9-12-11-23-12/h1-4,12H,5-11H2/t12-/m1/s1. The first-order valence-corrected chi connectivity index (χ1v) is 8.94. The largest absolute Gasteiger partial charge is 0.378 e. The zero-order chi connectivity index (χ0) is 15.8. The highest BCUT2D eigenvalue weighted by Gasteiger charge is 2.26. The van der Waals surface area contributed by atoms with Crippen LogP contribution in [0.5, 0.6) is 0 Å². The van der Waals surface area contributed by atoms with E-state index in [1.807, 2.05) is 40.6 Å². The Bertz CT molecular complexity index is 787. The Morgan fingerprint density at radius 2 is 1.83 bits per heavy atom. The van der Waals surface area contributed by atoms with Gasteiger partial charge in [-0.3, -0.25) is 13.9 Å². The van der Waals surface area contributed by atoms with Crippen LogP contribution in [0.25, 0.3) is 11.0 Å². The van der Waals surface area contributed by atoms with E-state index in [0.29, 0.717) is 31.6 Å². The minimum absolute atomic E-state index is 0.0147. The second kappa shape index (κ2) is 6.05. The number of morpholine rings is 1. The van der Waals surface area contributed by atoms with Gasteiger partial charge in [0.1, 0.15) is 6.54 Å². The molecule has 23 heavy (non-hydrogen) atoms. The molecule has 2 aliphatic rings. The number of benzene rings is 1. The molecular formula is C16H19N3O3S. The molecular weight excluding hydrogens is 314 g/mol. The molecule has 2 saturated heterocycles. The molecule has 4 rings (SSSR count). The van der Waals surface area contributed by atoms with Gasteiger partial charge in [-0.25, -0.2) is 4.79 Å². The summed E-state index contributed by atoms with van der Waals surface area (Å²) in [5, 5.41) is 0.530. The second-order valence-electron chi connectivity index (χ2n) is 5.92. The van der Waals surface area contributed by atoms with Crippen LogP contribution >= 0.6 is 11.8 Å². The molecule has 3 heterocycles. The summed E-state index contributed by atoms with van der Waals surface area (Å²) >= 11 is 1.87. The van der Waals surface area contributed by atoms with E-state index >= 15 is 0 Å². The first kappa shape index (κ1) is 14.8. The number of carbonyl (C=O) groups is 1. The van der Waals surface area contributed by atoms with Crippen molar-refractivity contribution in [2.75, 3.05) is 32.1 Å². The Kier molecular flexibility index (Phi) is 3.90. The number of rotatable bonds is 4. The highest BCUT2D eigenvalue weighted by Crippen LogP contribution is 2.31. The quantitative estimate of drug-likeness (QED) is 0.776. The van der Waals surface area contributed by atoms with Gasteiger partial charge in [0, 0.05) is 30.6 Å². The Morgan fingerprint density at radius 3 is 2.48 bits per heavy atom. The fraction of sp³-hybridized carbons (Fsp3) is 0.500. The lowest BCUT2D eigenvalue weighted by Crippen LogP contribution is -2.43. The molecule has 2 aliphatic heterocycles. The van der Waals surface area contributed by atoms with Crippen LogP contribution in [0.1, 0.15) is 0 Å². The third-order valence-electron chi connectivity index (χ3n) is 4.37. The van der Waals surface area contributed by atoms with Crippen LogP contribution in [-0.2, 0) is 22.6 Å². The lowest BCUT2D eigenvalue weighted by Gasteiger charge is -2.26. The van der Waals surface area contributed by atoms with Gasteiger partial charge in [0.05, 0.1) is 24.2 Å². The Hall–Kier alpha value is -1.73. The van der Waals surface area contributed by atoms with Gasteiger partial charge in [-0.1, -0.05) is 12.1 Å². The summed E-state index contributed by atoms with van der Waals surface area (Å²) < 4.78 is 8.70. The summed E-state index contributed by atoms with van der Waals surface area (Å²) in [6.07, 6.45) is 0. The SMILES string of the molecule is O=C(Cn1c(=O)n(C[C@@H]2CS2)c2ccccc21)N1CCOCC1. The number of imidazole rings is 1. The van der Waals surface area contributed by atoms with Crippen LogP contribution in [0.15, 0.2) is 29.1 Å². The zero-order valence-electron chi connectivity index (χ0n) is 12.8. The Labute approximate surface area is 138 Å². The lowest BCUT2D eigenvalue weighted by atomic mass is 10.3. The van der Waals surface area contributed by atoms with E-state index in [1.165, 1.54) is 0 Å². The van der Waals surface area contributed by atoms with Crippen molar-refractivity contribution in [2.45, 2.75) is 18.3 Å². The fourth-order valence-electron chi connectivity index (χ4n) is 3.03. The molecule has 1 aromatic heterocycles. The monoisotopic (exact) mass is 333 g/mol. The minimum Gasteiger partial charge on any atom is -0.378 e. The van der Waals surface area contributed by atoms with Crippen molar-refractivity contribution in [1.29, 1.82) is 0 Å². The van der Waals surface area contributed by atoms with Crippen molar-refractivity contribution < 1.29 is 9.53 Å². The topological polar surface area (TPSA) is 56.5 Å². The summed E-state index contributed by atoms with van der Waals surface area (Å²) in [7, 11) is 0. The van der Waals surface area contributed by atoms with Crippen LogP contribution in [0, 0.1) is 0 Å². The normalized spacial score (nSPS) is 20.9. The van der Waals surface area contributed by atoms with E-state index in [1.54, 1.807) is 9.47 Å². The average Bonchev–Trinajstić information content (AvgIpc) is 3.38. The Morgan fingerprint density at radius 1 is 1.17 bits per heavy atom. The first-order valence-electron chi connectivity index (χ1n) is 7.89. The smallest absolute Gasteiger partial charge is 0.329 e. The summed E-state index contributed by atoms with van der Waals surface area (Å²) in [6.45, 7) is 3.17. The average molecular weight is 333 g/mol. The predicted octanol–water partition coefficient (Wildman–Crippen LogP) is 0.777. The molecule has 0 aliphatic carbocycles. The van der Waals surface area contributed by atoms with Gasteiger partial charge in [-0.15, -0.1) is 0 Å². The van der Waals surface area contributed by atoms with Gasteiger partial charge in [-0.05, 0) is 12.1 Å². The van der Waals surface area contributed by atoms with Crippen LogP contribution in [0.4, 0.5) is 0 Å². The molecule has 0 N–H and O–H groups in total. The third-order valence-corrected chi connectivity index (χ3v) is 5.32. The molecule has 1 amide bonds. The summed E-state index contributed by atoms with van der Waals surface area (Å²) in [5.41, 5.74) is 1.67. The van der Waals surface area contributed by atoms with E-state index < -0.39 is 0 Å². The molecule has 1 aromatic carbocycles. The molecule has 6 nitrogen and oxygen atoms in total. The first-order chi connectivity index (χ1) is 11.2. The van der Waals surface area contributed by atoms with Crippen molar-refractivity contribution >= 4 is 28.7 Å².